The molecule has 1 aliphatic rings. The molecule has 0 spiro atoms. The summed E-state index contributed by atoms with van der Waals surface area (Å²) in [7, 11) is 0. The normalized spacial score (nSPS) is 14.7. The van der Waals surface area contributed by atoms with Crippen molar-refractivity contribution in [1.82, 2.24) is 9.47 Å². The van der Waals surface area contributed by atoms with Crippen LogP contribution in [0.2, 0.25) is 10.0 Å². The lowest BCUT2D eigenvalue weighted by molar-refractivity contribution is 0.153. The van der Waals surface area contributed by atoms with Gasteiger partial charge < -0.3 is 0 Å². The van der Waals surface area contributed by atoms with Crippen molar-refractivity contribution in [3.05, 3.63) is 104 Å². The highest BCUT2D eigenvalue weighted by molar-refractivity contribution is 6.37. The summed E-state index contributed by atoms with van der Waals surface area (Å²) in [5.41, 5.74) is 3.38. The number of halogens is 4. The van der Waals surface area contributed by atoms with Crippen LogP contribution in [0.3, 0.4) is 0 Å². The van der Waals surface area contributed by atoms with E-state index in [0.29, 0.717) is 32.2 Å². The minimum absolute atomic E-state index is 0.0368. The number of benzene rings is 3. The first-order chi connectivity index (χ1) is 17.5. The molecule has 4 aromatic rings. The van der Waals surface area contributed by atoms with Crippen molar-refractivity contribution in [3.63, 3.8) is 0 Å². The first kappa shape index (κ1) is 25.7. The van der Waals surface area contributed by atoms with Crippen molar-refractivity contribution in [2.75, 3.05) is 13.1 Å². The maximum Gasteiger partial charge on any atom is 0.255 e. The summed E-state index contributed by atoms with van der Waals surface area (Å²) in [6, 6.07) is 15.5. The van der Waals surface area contributed by atoms with E-state index in [-0.39, 0.29) is 16.7 Å². The molecular formula is C30H26Cl2F2N2O. The van der Waals surface area contributed by atoms with E-state index in [4.69, 9.17) is 23.2 Å². The third-order valence-corrected chi connectivity index (χ3v) is 7.53. The maximum atomic E-state index is 15.1. The molecule has 0 N–H and O–H groups in total. The number of rotatable bonds is 3. The standard InChI is InChI=1S/C30H26Cl2F2N2O/c1-30(2,3)35-13-11-18(12-14-35)19-15-23(21-8-7-20(33)17-26(21)34)22-9-10-28(37)36(27(22)16-19)29-24(31)5-4-6-25(29)32/h4-11,15-17H,12-14H2,1-3H3. The van der Waals surface area contributed by atoms with E-state index < -0.39 is 11.6 Å². The van der Waals surface area contributed by atoms with Gasteiger partial charge in [0.25, 0.3) is 5.56 Å². The van der Waals surface area contributed by atoms with E-state index in [1.54, 1.807) is 24.3 Å². The third-order valence-electron chi connectivity index (χ3n) is 6.92. The van der Waals surface area contributed by atoms with Crippen molar-refractivity contribution < 1.29 is 8.78 Å². The fourth-order valence-corrected chi connectivity index (χ4v) is 5.50. The molecule has 0 amide bonds. The van der Waals surface area contributed by atoms with Crippen molar-refractivity contribution in [2.24, 2.45) is 0 Å². The number of hydrogen-bond acceptors (Lipinski definition) is 2. The van der Waals surface area contributed by atoms with E-state index in [2.05, 4.69) is 31.7 Å². The molecule has 0 saturated carbocycles. The summed E-state index contributed by atoms with van der Waals surface area (Å²) < 4.78 is 30.3. The lowest BCUT2D eigenvalue weighted by Gasteiger charge is -2.37. The van der Waals surface area contributed by atoms with Crippen LogP contribution in [-0.4, -0.2) is 28.1 Å². The van der Waals surface area contributed by atoms with Crippen LogP contribution in [0.4, 0.5) is 8.78 Å². The van der Waals surface area contributed by atoms with Crippen LogP contribution in [0.5, 0.6) is 0 Å². The fraction of sp³-hybridized carbons (Fsp3) is 0.233. The van der Waals surface area contributed by atoms with Crippen molar-refractivity contribution in [1.29, 1.82) is 0 Å². The van der Waals surface area contributed by atoms with Gasteiger partial charge in [0.1, 0.15) is 11.6 Å². The zero-order chi connectivity index (χ0) is 26.5. The van der Waals surface area contributed by atoms with Gasteiger partial charge in [0.05, 0.1) is 21.2 Å². The molecule has 0 fully saturated rings. The Labute approximate surface area is 224 Å². The Morgan fingerprint density at radius 1 is 0.892 bits per heavy atom. The Bertz CT molecular complexity index is 1600. The predicted octanol–water partition coefficient (Wildman–Crippen LogP) is 8.13. The average Bonchev–Trinajstić information content (AvgIpc) is 2.84. The summed E-state index contributed by atoms with van der Waals surface area (Å²) >= 11 is 13.0. The largest absolute Gasteiger partial charge is 0.294 e. The Morgan fingerprint density at radius 3 is 2.24 bits per heavy atom. The fourth-order valence-electron chi connectivity index (χ4n) is 4.94. The number of aromatic nitrogens is 1. The molecule has 5 rings (SSSR count). The van der Waals surface area contributed by atoms with Gasteiger partial charge in [-0.25, -0.2) is 8.78 Å². The number of para-hydroxylation sites is 1. The molecule has 1 aromatic heterocycles. The maximum absolute atomic E-state index is 15.1. The molecule has 0 radical (unpaired) electrons. The molecule has 0 atom stereocenters. The average molecular weight is 539 g/mol. The molecule has 0 aliphatic carbocycles. The molecule has 0 bridgehead atoms. The van der Waals surface area contributed by atoms with Gasteiger partial charge in [-0.15, -0.1) is 0 Å². The lowest BCUT2D eigenvalue weighted by Crippen LogP contribution is -2.43. The van der Waals surface area contributed by atoms with Crippen LogP contribution in [0.15, 0.2) is 71.5 Å². The molecule has 3 aromatic carbocycles. The minimum Gasteiger partial charge on any atom is -0.294 e. The Hall–Kier alpha value is -2.99. The van der Waals surface area contributed by atoms with Crippen LogP contribution in [0, 0.1) is 11.6 Å². The summed E-state index contributed by atoms with van der Waals surface area (Å²) in [4.78, 5) is 15.6. The molecule has 37 heavy (non-hydrogen) atoms. The zero-order valence-electron chi connectivity index (χ0n) is 20.8. The predicted molar refractivity (Wildman–Crippen MR) is 149 cm³/mol. The summed E-state index contributed by atoms with van der Waals surface area (Å²) in [6.07, 6.45) is 2.96. The van der Waals surface area contributed by atoms with Crippen LogP contribution in [-0.2, 0) is 0 Å². The Balaban J connectivity index is 1.82. The van der Waals surface area contributed by atoms with E-state index in [1.165, 1.54) is 22.8 Å². The minimum atomic E-state index is -0.677. The van der Waals surface area contributed by atoms with Gasteiger partial charge in [-0.3, -0.25) is 14.3 Å². The number of fused-ring (bicyclic) bond motifs is 1. The van der Waals surface area contributed by atoms with Crippen molar-refractivity contribution in [3.8, 4) is 16.8 Å². The monoisotopic (exact) mass is 538 g/mol. The second-order valence-corrected chi connectivity index (χ2v) is 11.1. The van der Waals surface area contributed by atoms with Crippen molar-refractivity contribution >= 4 is 39.7 Å². The van der Waals surface area contributed by atoms with E-state index in [1.807, 2.05) is 12.1 Å². The van der Waals surface area contributed by atoms with Gasteiger partial charge in [0, 0.05) is 41.7 Å². The molecule has 190 valence electrons. The second-order valence-electron chi connectivity index (χ2n) is 10.3. The van der Waals surface area contributed by atoms with Gasteiger partial charge in [0.15, 0.2) is 0 Å². The zero-order valence-corrected chi connectivity index (χ0v) is 22.3. The first-order valence-electron chi connectivity index (χ1n) is 12.1. The molecule has 3 nitrogen and oxygen atoms in total. The lowest BCUT2D eigenvalue weighted by atomic mass is 9.91. The molecule has 7 heteroatoms. The Morgan fingerprint density at radius 2 is 1.62 bits per heavy atom. The first-order valence-corrected chi connectivity index (χ1v) is 12.8. The molecule has 1 aliphatic heterocycles. The molecular weight excluding hydrogens is 513 g/mol. The number of nitrogens with zero attached hydrogens (tertiary/aromatic N) is 2. The van der Waals surface area contributed by atoms with Gasteiger partial charge >= 0.3 is 0 Å². The van der Waals surface area contributed by atoms with Crippen LogP contribution >= 0.6 is 23.2 Å². The second kappa shape index (κ2) is 9.71. The summed E-state index contributed by atoms with van der Waals surface area (Å²) in [6.45, 7) is 8.19. The van der Waals surface area contributed by atoms with Gasteiger partial charge in [-0.1, -0.05) is 35.3 Å². The number of hydrogen-bond donors (Lipinski definition) is 0. The smallest absolute Gasteiger partial charge is 0.255 e. The van der Waals surface area contributed by atoms with Crippen LogP contribution in [0.25, 0.3) is 33.3 Å². The SMILES string of the molecule is CC(C)(C)N1CC=C(c2cc(-c3ccc(F)cc3F)c3ccc(=O)n(-c4c(Cl)cccc4Cl)c3c2)CC1. The molecule has 0 saturated heterocycles. The molecule has 2 heterocycles. The third kappa shape index (κ3) is 4.84. The highest BCUT2D eigenvalue weighted by atomic mass is 35.5. The van der Waals surface area contributed by atoms with Crippen molar-refractivity contribution in [2.45, 2.75) is 32.7 Å². The number of pyridine rings is 1. The summed E-state index contributed by atoms with van der Waals surface area (Å²) in [5, 5.41) is 1.26. The van der Waals surface area contributed by atoms with E-state index >= 15 is 4.39 Å². The summed E-state index contributed by atoms with van der Waals surface area (Å²) in [5.74, 6) is -1.33. The van der Waals surface area contributed by atoms with E-state index in [9.17, 15) is 9.18 Å². The van der Waals surface area contributed by atoms with Gasteiger partial charge in [-0.2, -0.15) is 0 Å². The Kier molecular flexibility index (Phi) is 6.73. The highest BCUT2D eigenvalue weighted by Crippen LogP contribution is 2.38. The van der Waals surface area contributed by atoms with E-state index in [0.717, 1.165) is 36.7 Å². The highest BCUT2D eigenvalue weighted by Gasteiger charge is 2.25. The molecule has 0 unspecified atom stereocenters. The topological polar surface area (TPSA) is 25.2 Å². The van der Waals surface area contributed by atoms with Gasteiger partial charge in [0.2, 0.25) is 0 Å². The quantitative estimate of drug-likeness (QED) is 0.263. The van der Waals surface area contributed by atoms with Crippen LogP contribution in [0.1, 0.15) is 32.8 Å². The van der Waals surface area contributed by atoms with Gasteiger partial charge in [-0.05, 0) is 86.4 Å². The van der Waals surface area contributed by atoms with Crippen LogP contribution < -0.4 is 5.56 Å².